The molecule has 0 aliphatic rings. The maximum atomic E-state index is 11.7. The van der Waals surface area contributed by atoms with E-state index in [1.807, 2.05) is 0 Å². The second kappa shape index (κ2) is 5.79. The summed E-state index contributed by atoms with van der Waals surface area (Å²) in [5, 5.41) is 0. The van der Waals surface area contributed by atoms with E-state index in [9.17, 15) is 9.59 Å². The van der Waals surface area contributed by atoms with E-state index >= 15 is 0 Å². The molecule has 0 unspecified atom stereocenters. The lowest BCUT2D eigenvalue weighted by Gasteiger charge is -2.06. The Balaban J connectivity index is 2.65. The molecule has 0 fully saturated rings. The molecule has 0 bridgehead atoms. The standard InChI is InChI=1S/C10H13BrN2O3/c1-7-9(11)10(15)13(6-12-7)5-3-4-8(14)16-2/h6H,3-5H2,1-2H3. The van der Waals surface area contributed by atoms with Crippen molar-refractivity contribution in [2.24, 2.45) is 0 Å². The first kappa shape index (κ1) is 12.9. The summed E-state index contributed by atoms with van der Waals surface area (Å²) >= 11 is 3.18. The molecule has 16 heavy (non-hydrogen) atoms. The number of aromatic nitrogens is 2. The highest BCUT2D eigenvalue weighted by Gasteiger charge is 2.06. The fraction of sp³-hybridized carbons (Fsp3) is 0.500. The van der Waals surface area contributed by atoms with Crippen LogP contribution < -0.4 is 5.56 Å². The molecular weight excluding hydrogens is 276 g/mol. The lowest BCUT2D eigenvalue weighted by Crippen LogP contribution is -2.22. The van der Waals surface area contributed by atoms with Crippen LogP contribution in [0.15, 0.2) is 15.6 Å². The van der Waals surface area contributed by atoms with Crippen molar-refractivity contribution >= 4 is 21.9 Å². The number of methoxy groups -OCH3 is 1. The second-order valence-electron chi connectivity index (χ2n) is 3.32. The Morgan fingerprint density at radius 3 is 2.94 bits per heavy atom. The van der Waals surface area contributed by atoms with Crippen LogP contribution in [0.1, 0.15) is 18.5 Å². The third kappa shape index (κ3) is 3.16. The van der Waals surface area contributed by atoms with Crippen LogP contribution in [0, 0.1) is 6.92 Å². The number of aryl methyl sites for hydroxylation is 2. The van der Waals surface area contributed by atoms with Gasteiger partial charge in [0, 0.05) is 13.0 Å². The third-order valence-electron chi connectivity index (χ3n) is 2.16. The molecular formula is C10H13BrN2O3. The van der Waals surface area contributed by atoms with Crippen molar-refractivity contribution in [2.75, 3.05) is 7.11 Å². The number of hydrogen-bond acceptors (Lipinski definition) is 4. The molecule has 0 aliphatic heterocycles. The van der Waals surface area contributed by atoms with Crippen LogP contribution in [0.25, 0.3) is 0 Å². The van der Waals surface area contributed by atoms with Crippen molar-refractivity contribution in [3.63, 3.8) is 0 Å². The number of carbonyl (C=O) groups excluding carboxylic acids is 1. The fourth-order valence-electron chi connectivity index (χ4n) is 1.20. The number of nitrogens with zero attached hydrogens (tertiary/aromatic N) is 2. The van der Waals surface area contributed by atoms with E-state index in [4.69, 9.17) is 0 Å². The molecule has 0 aromatic carbocycles. The van der Waals surface area contributed by atoms with Gasteiger partial charge in [-0.15, -0.1) is 0 Å². The molecule has 1 aromatic heterocycles. The summed E-state index contributed by atoms with van der Waals surface area (Å²) in [6.07, 6.45) is 2.35. The molecule has 0 radical (unpaired) electrons. The molecule has 6 heteroatoms. The molecule has 0 atom stereocenters. The second-order valence-corrected chi connectivity index (χ2v) is 4.12. The Morgan fingerprint density at radius 2 is 2.31 bits per heavy atom. The van der Waals surface area contributed by atoms with Gasteiger partial charge in [0.15, 0.2) is 0 Å². The summed E-state index contributed by atoms with van der Waals surface area (Å²) in [7, 11) is 1.35. The molecule has 88 valence electrons. The minimum absolute atomic E-state index is 0.127. The van der Waals surface area contributed by atoms with Crippen LogP contribution in [0.4, 0.5) is 0 Å². The maximum absolute atomic E-state index is 11.7. The zero-order valence-corrected chi connectivity index (χ0v) is 10.8. The predicted octanol–water partition coefficient (Wildman–Crippen LogP) is 1.27. The van der Waals surface area contributed by atoms with Gasteiger partial charge >= 0.3 is 5.97 Å². The van der Waals surface area contributed by atoms with E-state index in [-0.39, 0.29) is 11.5 Å². The maximum Gasteiger partial charge on any atom is 0.305 e. The number of hydrogen-bond donors (Lipinski definition) is 0. The van der Waals surface area contributed by atoms with Gasteiger partial charge in [0.05, 0.1) is 19.1 Å². The largest absolute Gasteiger partial charge is 0.469 e. The van der Waals surface area contributed by atoms with E-state index < -0.39 is 0 Å². The van der Waals surface area contributed by atoms with Crippen molar-refractivity contribution in [1.29, 1.82) is 0 Å². The highest BCUT2D eigenvalue weighted by Crippen LogP contribution is 2.06. The van der Waals surface area contributed by atoms with Crippen molar-refractivity contribution in [3.8, 4) is 0 Å². The first-order chi connectivity index (χ1) is 7.56. The van der Waals surface area contributed by atoms with Crippen LogP contribution in [-0.4, -0.2) is 22.6 Å². The molecule has 1 aromatic rings. The zero-order valence-electron chi connectivity index (χ0n) is 9.20. The van der Waals surface area contributed by atoms with Crippen molar-refractivity contribution in [2.45, 2.75) is 26.3 Å². The van der Waals surface area contributed by atoms with E-state index in [1.54, 1.807) is 6.92 Å². The van der Waals surface area contributed by atoms with Gasteiger partial charge in [-0.25, -0.2) is 4.98 Å². The molecule has 0 saturated heterocycles. The van der Waals surface area contributed by atoms with E-state index in [1.165, 1.54) is 18.0 Å². The van der Waals surface area contributed by atoms with Gasteiger partial charge in [-0.1, -0.05) is 0 Å². The highest BCUT2D eigenvalue weighted by atomic mass is 79.9. The van der Waals surface area contributed by atoms with Crippen LogP contribution >= 0.6 is 15.9 Å². The predicted molar refractivity (Wildman–Crippen MR) is 62.2 cm³/mol. The Kier molecular flexibility index (Phi) is 4.67. The number of carbonyl (C=O) groups is 1. The van der Waals surface area contributed by atoms with E-state index in [2.05, 4.69) is 25.7 Å². The van der Waals surface area contributed by atoms with Crippen molar-refractivity contribution in [1.82, 2.24) is 9.55 Å². The first-order valence-electron chi connectivity index (χ1n) is 4.84. The number of ether oxygens (including phenoxy) is 1. The Labute approximate surface area is 102 Å². The van der Waals surface area contributed by atoms with Gasteiger partial charge in [-0.05, 0) is 29.3 Å². The molecule has 0 spiro atoms. The quantitative estimate of drug-likeness (QED) is 0.783. The number of rotatable bonds is 4. The van der Waals surface area contributed by atoms with Gasteiger partial charge in [0.1, 0.15) is 4.47 Å². The lowest BCUT2D eigenvalue weighted by molar-refractivity contribution is -0.140. The first-order valence-corrected chi connectivity index (χ1v) is 5.64. The van der Waals surface area contributed by atoms with Crippen molar-refractivity contribution in [3.05, 3.63) is 26.8 Å². The van der Waals surface area contributed by atoms with E-state index in [0.29, 0.717) is 29.6 Å². The summed E-state index contributed by atoms with van der Waals surface area (Å²) in [4.78, 5) is 26.6. The normalized spacial score (nSPS) is 10.2. The van der Waals surface area contributed by atoms with Crippen LogP contribution in [-0.2, 0) is 16.1 Å². The Hall–Kier alpha value is -1.17. The highest BCUT2D eigenvalue weighted by molar-refractivity contribution is 9.10. The summed E-state index contributed by atoms with van der Waals surface area (Å²) in [6, 6.07) is 0. The Morgan fingerprint density at radius 1 is 1.62 bits per heavy atom. The minimum atomic E-state index is -0.271. The van der Waals surface area contributed by atoms with Gasteiger partial charge in [0.25, 0.3) is 5.56 Å². The van der Waals surface area contributed by atoms with Crippen LogP contribution in [0.3, 0.4) is 0 Å². The SMILES string of the molecule is COC(=O)CCCn1cnc(C)c(Br)c1=O. The summed E-state index contributed by atoms with van der Waals surface area (Å²) < 4.78 is 6.45. The van der Waals surface area contributed by atoms with E-state index in [0.717, 1.165) is 0 Å². The van der Waals surface area contributed by atoms with Gasteiger partial charge in [-0.2, -0.15) is 0 Å². The topological polar surface area (TPSA) is 61.2 Å². The molecule has 5 nitrogen and oxygen atoms in total. The molecule has 0 aliphatic carbocycles. The van der Waals surface area contributed by atoms with Crippen molar-refractivity contribution < 1.29 is 9.53 Å². The Bertz CT molecular complexity index is 442. The average Bonchev–Trinajstić information content (AvgIpc) is 2.29. The number of halogens is 1. The molecule has 0 amide bonds. The average molecular weight is 289 g/mol. The monoisotopic (exact) mass is 288 g/mol. The summed E-state index contributed by atoms with van der Waals surface area (Å²) in [5.41, 5.74) is 0.534. The molecule has 0 N–H and O–H groups in total. The van der Waals surface area contributed by atoms with Crippen LogP contribution in [0.5, 0.6) is 0 Å². The summed E-state index contributed by atoms with van der Waals surface area (Å²) in [6.45, 7) is 2.21. The van der Waals surface area contributed by atoms with Crippen LogP contribution in [0.2, 0.25) is 0 Å². The molecule has 1 heterocycles. The van der Waals surface area contributed by atoms with Gasteiger partial charge in [-0.3, -0.25) is 14.2 Å². The summed E-state index contributed by atoms with van der Waals surface area (Å²) in [5.74, 6) is -0.271. The molecule has 1 rings (SSSR count). The number of esters is 1. The molecule has 0 saturated carbocycles. The lowest BCUT2D eigenvalue weighted by atomic mass is 10.3. The minimum Gasteiger partial charge on any atom is -0.469 e. The third-order valence-corrected chi connectivity index (χ3v) is 3.08. The van der Waals surface area contributed by atoms with Gasteiger partial charge in [0.2, 0.25) is 0 Å². The van der Waals surface area contributed by atoms with Gasteiger partial charge < -0.3 is 4.74 Å². The fourth-order valence-corrected chi connectivity index (χ4v) is 1.53. The smallest absolute Gasteiger partial charge is 0.305 e. The zero-order chi connectivity index (χ0) is 12.1.